The van der Waals surface area contributed by atoms with E-state index < -0.39 is 118 Å². The largest absolute Gasteiger partial charge is 0.463 e. The molecule has 3 saturated carbocycles. The lowest BCUT2D eigenvalue weighted by Gasteiger charge is -2.65. The summed E-state index contributed by atoms with van der Waals surface area (Å²) in [5.41, 5.74) is -6.44. The molecule has 0 radical (unpaired) electrons. The lowest BCUT2D eigenvalue weighted by atomic mass is 9.38. The van der Waals surface area contributed by atoms with Crippen molar-refractivity contribution in [2.45, 2.75) is 155 Å². The van der Waals surface area contributed by atoms with Crippen molar-refractivity contribution in [3.63, 3.8) is 0 Å². The zero-order valence-electron chi connectivity index (χ0n) is 33.1. The Morgan fingerprint density at radius 3 is 2.17 bits per heavy atom. The third-order valence-corrected chi connectivity index (χ3v) is 14.1. The molecule has 1 aliphatic heterocycles. The summed E-state index contributed by atoms with van der Waals surface area (Å²) in [4.78, 5) is 52.5. The van der Waals surface area contributed by atoms with Gasteiger partial charge in [0, 0.05) is 37.0 Å². The zero-order valence-corrected chi connectivity index (χ0v) is 33.1. The molecule has 0 aromatic heterocycles. The summed E-state index contributed by atoms with van der Waals surface area (Å²) >= 11 is 0. The molecule has 0 spiro atoms. The molecule has 15 unspecified atom stereocenters. The van der Waals surface area contributed by atoms with Gasteiger partial charge >= 0.3 is 11.9 Å². The molecule has 5 aliphatic rings. The van der Waals surface area contributed by atoms with E-state index in [1.165, 1.54) is 26.8 Å². The molecule has 4 aliphatic carbocycles. The molecule has 4 fully saturated rings. The highest BCUT2D eigenvalue weighted by atomic mass is 16.7. The number of hydrogen-bond acceptors (Lipinski definition) is 14. The van der Waals surface area contributed by atoms with Crippen LogP contribution in [0.15, 0.2) is 23.8 Å². The van der Waals surface area contributed by atoms with Crippen LogP contribution in [-0.2, 0) is 38.1 Å². The van der Waals surface area contributed by atoms with Crippen LogP contribution in [0.4, 0.5) is 0 Å². The lowest BCUT2D eigenvalue weighted by molar-refractivity contribution is -0.319. The van der Waals surface area contributed by atoms with Crippen LogP contribution in [0, 0.1) is 39.4 Å². The molecule has 15 atom stereocenters. The van der Waals surface area contributed by atoms with E-state index in [2.05, 4.69) is 6.08 Å². The Balaban J connectivity index is 1.61. The summed E-state index contributed by atoms with van der Waals surface area (Å²) in [6.45, 7) is 15.6. The van der Waals surface area contributed by atoms with Gasteiger partial charge in [0.05, 0.1) is 23.9 Å². The second-order valence-corrected chi connectivity index (χ2v) is 18.4. The molecule has 14 nitrogen and oxygen atoms in total. The Morgan fingerprint density at radius 2 is 1.59 bits per heavy atom. The molecule has 1 saturated heterocycles. The fourth-order valence-electron chi connectivity index (χ4n) is 11.1. The van der Waals surface area contributed by atoms with Gasteiger partial charge in [-0.1, -0.05) is 52.3 Å². The Morgan fingerprint density at radius 1 is 0.963 bits per heavy atom. The SMILES string of the molecule is CC(=O)OCC1OC(OC2CC3(C)C4CC=C5C(CC(O)C(O)C5(C)C)C4(C)C(=O)CC3(C)C2C(C)(O)C(=O)C=CC(C)(C)O)C(O)C(O)C1OC(C)=O. The number of carbonyl (C=O) groups is 4. The van der Waals surface area contributed by atoms with Crippen molar-refractivity contribution in [1.82, 2.24) is 0 Å². The molecule has 304 valence electrons. The van der Waals surface area contributed by atoms with Crippen molar-refractivity contribution in [3.8, 4) is 0 Å². The predicted molar refractivity (Wildman–Crippen MR) is 191 cm³/mol. The zero-order chi connectivity index (χ0) is 40.7. The third kappa shape index (κ3) is 6.82. The molecule has 14 heteroatoms. The van der Waals surface area contributed by atoms with Crippen LogP contribution in [0.3, 0.4) is 0 Å². The normalized spacial score (nSPS) is 44.3. The van der Waals surface area contributed by atoms with Crippen molar-refractivity contribution < 1.29 is 68.8 Å². The summed E-state index contributed by atoms with van der Waals surface area (Å²) in [7, 11) is 0. The van der Waals surface area contributed by atoms with Crippen LogP contribution in [-0.4, -0.2) is 121 Å². The van der Waals surface area contributed by atoms with Gasteiger partial charge in [0.1, 0.15) is 36.3 Å². The van der Waals surface area contributed by atoms with Crippen LogP contribution in [0.25, 0.3) is 0 Å². The maximum Gasteiger partial charge on any atom is 0.303 e. The first-order valence-electron chi connectivity index (χ1n) is 18.9. The van der Waals surface area contributed by atoms with Gasteiger partial charge < -0.3 is 49.6 Å². The minimum atomic E-state index is -2.20. The molecule has 0 bridgehead atoms. The van der Waals surface area contributed by atoms with Gasteiger partial charge in [0.25, 0.3) is 0 Å². The van der Waals surface area contributed by atoms with Crippen molar-refractivity contribution in [3.05, 3.63) is 23.8 Å². The number of fused-ring (bicyclic) bond motifs is 5. The number of aliphatic hydroxyl groups excluding tert-OH is 4. The number of ether oxygens (including phenoxy) is 4. The minimum absolute atomic E-state index is 0.0805. The Labute approximate surface area is 316 Å². The second kappa shape index (κ2) is 14.1. The van der Waals surface area contributed by atoms with E-state index in [9.17, 15) is 49.8 Å². The van der Waals surface area contributed by atoms with E-state index in [1.54, 1.807) is 0 Å². The standard InChI is InChI=1S/C40H60O14/c1-19(41)51-18-25-31(52-20(2)42)29(46)30(47)34(54-25)53-24-16-37(7)26-12-11-21-22(15-23(43)33(48)36(21,5)6)39(26,9)28(45)17-38(37,8)32(24)40(10,50)27(44)13-14-35(3,4)49/h11,13-14,22-26,29-34,43,46-50H,12,15-18H2,1-10H3. The monoisotopic (exact) mass is 764 g/mol. The maximum absolute atomic E-state index is 14.9. The molecule has 0 aromatic carbocycles. The predicted octanol–water partition coefficient (Wildman–Crippen LogP) is 1.69. The van der Waals surface area contributed by atoms with Gasteiger partial charge in [0.2, 0.25) is 0 Å². The molecule has 0 amide bonds. The van der Waals surface area contributed by atoms with Gasteiger partial charge in [-0.15, -0.1) is 0 Å². The first-order valence-corrected chi connectivity index (χ1v) is 18.9. The fourth-order valence-corrected chi connectivity index (χ4v) is 11.1. The van der Waals surface area contributed by atoms with E-state index in [-0.39, 0.29) is 31.0 Å². The van der Waals surface area contributed by atoms with E-state index in [0.29, 0.717) is 6.42 Å². The number of aliphatic hydroxyl groups is 6. The highest BCUT2D eigenvalue weighted by Gasteiger charge is 2.75. The molecule has 0 aromatic rings. The Hall–Kier alpha value is -2.56. The summed E-state index contributed by atoms with van der Waals surface area (Å²) in [6.07, 6.45) is -5.93. The summed E-state index contributed by atoms with van der Waals surface area (Å²) in [5.74, 6) is -4.21. The first-order chi connectivity index (χ1) is 24.6. The second-order valence-electron chi connectivity index (χ2n) is 18.4. The molecule has 5 rings (SSSR count). The minimum Gasteiger partial charge on any atom is -0.463 e. The number of esters is 2. The van der Waals surface area contributed by atoms with E-state index in [4.69, 9.17) is 18.9 Å². The van der Waals surface area contributed by atoms with Gasteiger partial charge in [-0.05, 0) is 68.8 Å². The Bertz CT molecular complexity index is 1580. The van der Waals surface area contributed by atoms with E-state index >= 15 is 0 Å². The lowest BCUT2D eigenvalue weighted by Crippen LogP contribution is -2.66. The van der Waals surface area contributed by atoms with Crippen LogP contribution >= 0.6 is 0 Å². The fraction of sp³-hybridized carbons (Fsp3) is 0.800. The smallest absolute Gasteiger partial charge is 0.303 e. The third-order valence-electron chi connectivity index (χ3n) is 14.1. The molecule has 54 heavy (non-hydrogen) atoms. The van der Waals surface area contributed by atoms with Crippen molar-refractivity contribution in [1.29, 1.82) is 0 Å². The number of allylic oxidation sites excluding steroid dienone is 1. The van der Waals surface area contributed by atoms with Crippen molar-refractivity contribution >= 4 is 23.5 Å². The van der Waals surface area contributed by atoms with E-state index in [0.717, 1.165) is 25.5 Å². The number of ketones is 2. The van der Waals surface area contributed by atoms with Crippen LogP contribution < -0.4 is 0 Å². The van der Waals surface area contributed by atoms with Crippen molar-refractivity contribution in [2.24, 2.45) is 39.4 Å². The average Bonchev–Trinajstić information content (AvgIpc) is 3.27. The quantitative estimate of drug-likeness (QED) is 0.112. The van der Waals surface area contributed by atoms with Crippen molar-refractivity contribution in [2.75, 3.05) is 6.61 Å². The molecular formula is C40H60O14. The van der Waals surface area contributed by atoms with Gasteiger partial charge in [-0.3, -0.25) is 19.2 Å². The highest BCUT2D eigenvalue weighted by molar-refractivity contribution is 5.97. The molecule has 6 N–H and O–H groups in total. The summed E-state index contributed by atoms with van der Waals surface area (Å²) in [6, 6.07) is 0. The summed E-state index contributed by atoms with van der Waals surface area (Å²) in [5, 5.41) is 67.4. The molecule has 1 heterocycles. The van der Waals surface area contributed by atoms with Gasteiger partial charge in [0.15, 0.2) is 18.2 Å². The average molecular weight is 765 g/mol. The topological polar surface area (TPSA) is 227 Å². The van der Waals surface area contributed by atoms with Gasteiger partial charge in [-0.25, -0.2) is 0 Å². The van der Waals surface area contributed by atoms with E-state index in [1.807, 2.05) is 34.6 Å². The maximum atomic E-state index is 14.9. The summed E-state index contributed by atoms with van der Waals surface area (Å²) < 4.78 is 23.0. The number of Topliss-reactive ketones (excluding diaryl/α,β-unsaturated/α-hetero) is 1. The van der Waals surface area contributed by atoms with Crippen LogP contribution in [0.2, 0.25) is 0 Å². The number of hydrogen-bond donors (Lipinski definition) is 6. The van der Waals surface area contributed by atoms with Crippen LogP contribution in [0.5, 0.6) is 0 Å². The molecular weight excluding hydrogens is 704 g/mol. The first kappa shape index (κ1) is 42.6. The highest BCUT2D eigenvalue weighted by Crippen LogP contribution is 2.74. The number of carbonyl (C=O) groups excluding carboxylic acids is 4. The van der Waals surface area contributed by atoms with Gasteiger partial charge in [-0.2, -0.15) is 0 Å². The van der Waals surface area contributed by atoms with Crippen LogP contribution in [0.1, 0.15) is 94.9 Å². The Kier molecular flexibility index (Phi) is 11.1. The number of rotatable bonds is 9.